The molecule has 0 aliphatic heterocycles. The van der Waals surface area contributed by atoms with Gasteiger partial charge in [0.25, 0.3) is 0 Å². The van der Waals surface area contributed by atoms with E-state index < -0.39 is 0 Å². The Hall–Kier alpha value is -2.21. The summed E-state index contributed by atoms with van der Waals surface area (Å²) in [6.45, 7) is 0. The highest BCUT2D eigenvalue weighted by Gasteiger charge is 2.13. The lowest BCUT2D eigenvalue weighted by atomic mass is 10.2. The Labute approximate surface area is 108 Å². The van der Waals surface area contributed by atoms with E-state index >= 15 is 0 Å². The molecule has 3 aromatic rings. The smallest absolute Gasteiger partial charge is 0.181 e. The van der Waals surface area contributed by atoms with Gasteiger partial charge in [-0.25, -0.2) is 14.6 Å². The van der Waals surface area contributed by atoms with Gasteiger partial charge in [0.15, 0.2) is 16.8 Å². The third-order valence-electron chi connectivity index (χ3n) is 2.55. The zero-order valence-electron chi connectivity index (χ0n) is 9.74. The van der Waals surface area contributed by atoms with Crippen LogP contribution < -0.4 is 5.73 Å². The number of benzene rings is 1. The molecular weight excluding hydrogens is 246 g/mol. The minimum absolute atomic E-state index is 0.536. The van der Waals surface area contributed by atoms with Gasteiger partial charge in [-0.3, -0.25) is 0 Å². The highest BCUT2D eigenvalue weighted by Crippen LogP contribution is 2.23. The molecule has 2 aromatic heterocycles. The van der Waals surface area contributed by atoms with E-state index in [0.29, 0.717) is 11.0 Å². The summed E-state index contributed by atoms with van der Waals surface area (Å²) >= 11 is 1.40. The van der Waals surface area contributed by atoms with Crippen LogP contribution in [0.15, 0.2) is 35.7 Å². The molecule has 18 heavy (non-hydrogen) atoms. The van der Waals surface area contributed by atoms with Gasteiger partial charge in [0.1, 0.15) is 5.69 Å². The summed E-state index contributed by atoms with van der Waals surface area (Å²) in [6.07, 6.45) is 0. The van der Waals surface area contributed by atoms with E-state index in [1.807, 2.05) is 42.8 Å². The van der Waals surface area contributed by atoms with Crippen molar-refractivity contribution in [2.45, 2.75) is 0 Å². The van der Waals surface area contributed by atoms with E-state index in [1.54, 1.807) is 4.68 Å². The lowest BCUT2D eigenvalue weighted by Crippen LogP contribution is -1.95. The first-order valence-corrected chi connectivity index (χ1v) is 6.30. The molecule has 0 radical (unpaired) electrons. The number of hydrogen-bond acceptors (Lipinski definition) is 5. The Morgan fingerprint density at radius 2 is 1.94 bits per heavy atom. The molecule has 1 aromatic carbocycles. The van der Waals surface area contributed by atoms with Crippen molar-refractivity contribution in [2.75, 3.05) is 5.73 Å². The fourth-order valence-electron chi connectivity index (χ4n) is 1.71. The van der Waals surface area contributed by atoms with Crippen molar-refractivity contribution in [3.63, 3.8) is 0 Å². The fourth-order valence-corrected chi connectivity index (χ4v) is 2.25. The summed E-state index contributed by atoms with van der Waals surface area (Å²) < 4.78 is 1.72. The molecule has 0 saturated carbocycles. The number of nitrogens with zero attached hydrogens (tertiary/aromatic N) is 4. The molecule has 0 aliphatic carbocycles. The second-order valence-corrected chi connectivity index (χ2v) is 4.71. The molecule has 6 heteroatoms. The van der Waals surface area contributed by atoms with Crippen molar-refractivity contribution in [3.05, 3.63) is 35.7 Å². The van der Waals surface area contributed by atoms with Crippen LogP contribution in [0.5, 0.6) is 0 Å². The average molecular weight is 257 g/mol. The Kier molecular flexibility index (Phi) is 2.56. The number of nitrogen functional groups attached to an aromatic ring is 1. The van der Waals surface area contributed by atoms with Crippen LogP contribution >= 0.6 is 11.3 Å². The molecule has 0 bridgehead atoms. The number of rotatable bonds is 2. The normalized spacial score (nSPS) is 10.7. The fraction of sp³-hybridized carbons (Fsp3) is 0.0833. The molecule has 0 aliphatic rings. The highest BCUT2D eigenvalue weighted by atomic mass is 32.1. The van der Waals surface area contributed by atoms with E-state index in [0.717, 1.165) is 17.1 Å². The predicted molar refractivity (Wildman–Crippen MR) is 72.0 cm³/mol. The second kappa shape index (κ2) is 4.23. The van der Waals surface area contributed by atoms with Gasteiger partial charge < -0.3 is 5.73 Å². The molecule has 3 rings (SSSR count). The van der Waals surface area contributed by atoms with Crippen molar-refractivity contribution < 1.29 is 0 Å². The summed E-state index contributed by atoms with van der Waals surface area (Å²) in [4.78, 5) is 8.73. The number of nitrogens with two attached hydrogens (primary N) is 1. The second-order valence-electron chi connectivity index (χ2n) is 3.82. The monoisotopic (exact) mass is 257 g/mol. The molecule has 0 amide bonds. The summed E-state index contributed by atoms with van der Waals surface area (Å²) in [5.74, 6) is 1.42. The molecule has 5 nitrogen and oxygen atoms in total. The molecule has 0 spiro atoms. The SMILES string of the molecule is Cn1nc(-c2ccccc2)nc1-c1csc(N)n1. The first-order chi connectivity index (χ1) is 8.74. The van der Waals surface area contributed by atoms with Crippen LogP contribution in [0.1, 0.15) is 0 Å². The zero-order chi connectivity index (χ0) is 12.5. The Bertz CT molecular complexity index is 671. The third kappa shape index (κ3) is 1.86. The van der Waals surface area contributed by atoms with Gasteiger partial charge in [-0.1, -0.05) is 30.3 Å². The van der Waals surface area contributed by atoms with Crippen molar-refractivity contribution in [2.24, 2.45) is 7.05 Å². The van der Waals surface area contributed by atoms with E-state index in [1.165, 1.54) is 11.3 Å². The molecule has 0 unspecified atom stereocenters. The summed E-state index contributed by atoms with van der Waals surface area (Å²) in [5.41, 5.74) is 7.38. The van der Waals surface area contributed by atoms with Crippen LogP contribution in [0, 0.1) is 0 Å². The molecule has 2 heterocycles. The Morgan fingerprint density at radius 3 is 2.61 bits per heavy atom. The summed E-state index contributed by atoms with van der Waals surface area (Å²) in [7, 11) is 1.85. The van der Waals surface area contributed by atoms with Gasteiger partial charge in [-0.2, -0.15) is 5.10 Å². The van der Waals surface area contributed by atoms with E-state index in [9.17, 15) is 0 Å². The zero-order valence-corrected chi connectivity index (χ0v) is 10.6. The number of aromatic nitrogens is 4. The Balaban J connectivity index is 2.06. The molecule has 0 fully saturated rings. The quantitative estimate of drug-likeness (QED) is 0.764. The van der Waals surface area contributed by atoms with Gasteiger partial charge in [-0.15, -0.1) is 11.3 Å². The lowest BCUT2D eigenvalue weighted by molar-refractivity contribution is 0.775. The number of anilines is 1. The van der Waals surface area contributed by atoms with E-state index in [4.69, 9.17) is 5.73 Å². The molecular formula is C12H11N5S. The van der Waals surface area contributed by atoms with Crippen LogP contribution in [0.3, 0.4) is 0 Å². The molecule has 2 N–H and O–H groups in total. The minimum Gasteiger partial charge on any atom is -0.375 e. The van der Waals surface area contributed by atoms with Gasteiger partial charge >= 0.3 is 0 Å². The molecule has 0 saturated heterocycles. The topological polar surface area (TPSA) is 69.6 Å². The van der Waals surface area contributed by atoms with E-state index in [2.05, 4.69) is 15.1 Å². The van der Waals surface area contributed by atoms with Gasteiger partial charge in [-0.05, 0) is 0 Å². The standard InChI is InChI=1S/C12H11N5S/c1-17-11(9-7-18-12(13)14-9)15-10(16-17)8-5-3-2-4-6-8/h2-7H,1H3,(H2,13,14). The maximum absolute atomic E-state index is 5.63. The van der Waals surface area contributed by atoms with Crippen molar-refractivity contribution in [1.82, 2.24) is 19.7 Å². The third-order valence-corrected chi connectivity index (χ3v) is 3.22. The van der Waals surface area contributed by atoms with Crippen LogP contribution in [-0.2, 0) is 7.05 Å². The maximum Gasteiger partial charge on any atom is 0.181 e. The lowest BCUT2D eigenvalue weighted by Gasteiger charge is -1.92. The van der Waals surface area contributed by atoms with Crippen molar-refractivity contribution >= 4 is 16.5 Å². The van der Waals surface area contributed by atoms with Crippen LogP contribution in [0.25, 0.3) is 22.9 Å². The first-order valence-electron chi connectivity index (χ1n) is 5.42. The van der Waals surface area contributed by atoms with Crippen molar-refractivity contribution in [1.29, 1.82) is 0 Å². The minimum atomic E-state index is 0.536. The maximum atomic E-state index is 5.63. The summed E-state index contributed by atoms with van der Waals surface area (Å²) in [6, 6.07) is 9.86. The van der Waals surface area contributed by atoms with Crippen LogP contribution in [0.4, 0.5) is 5.13 Å². The number of thiazole rings is 1. The predicted octanol–water partition coefficient (Wildman–Crippen LogP) is 2.19. The number of hydrogen-bond donors (Lipinski definition) is 1. The Morgan fingerprint density at radius 1 is 1.17 bits per heavy atom. The number of aryl methyl sites for hydroxylation is 1. The van der Waals surface area contributed by atoms with Crippen molar-refractivity contribution in [3.8, 4) is 22.9 Å². The van der Waals surface area contributed by atoms with Gasteiger partial charge in [0, 0.05) is 18.0 Å². The van der Waals surface area contributed by atoms with E-state index in [-0.39, 0.29) is 0 Å². The van der Waals surface area contributed by atoms with Crippen LogP contribution in [-0.4, -0.2) is 19.7 Å². The molecule has 90 valence electrons. The average Bonchev–Trinajstić information content (AvgIpc) is 2.97. The highest BCUT2D eigenvalue weighted by molar-refractivity contribution is 7.13. The molecule has 0 atom stereocenters. The summed E-state index contributed by atoms with van der Waals surface area (Å²) in [5, 5.41) is 6.82. The van der Waals surface area contributed by atoms with Crippen LogP contribution in [0.2, 0.25) is 0 Å². The van der Waals surface area contributed by atoms with Gasteiger partial charge in [0.05, 0.1) is 0 Å². The van der Waals surface area contributed by atoms with Gasteiger partial charge in [0.2, 0.25) is 0 Å². The first kappa shape index (κ1) is 10.9. The largest absolute Gasteiger partial charge is 0.375 e.